The number of carbonyl (C=O) groups is 1. The molecule has 0 aromatic carbocycles. The fraction of sp³-hybridized carbons (Fsp3) is 0.500. The molecule has 3 nitrogen and oxygen atoms in total. The summed E-state index contributed by atoms with van der Waals surface area (Å²) in [5, 5.41) is 8.19. The van der Waals surface area contributed by atoms with Crippen LogP contribution in [0.25, 0.3) is 0 Å². The standard InChI is InChI=1S/C8H11NO2/c1-6(2)11-8(10)7(3)4-5-9/h4,6H,1-3H3/b7-4+. The summed E-state index contributed by atoms with van der Waals surface area (Å²) in [6, 6.07) is 1.76. The normalized spacial score (nSPS) is 11.0. The minimum atomic E-state index is -0.429. The zero-order chi connectivity index (χ0) is 8.85. The van der Waals surface area contributed by atoms with Crippen molar-refractivity contribution in [3.05, 3.63) is 11.6 Å². The van der Waals surface area contributed by atoms with E-state index in [4.69, 9.17) is 10.00 Å². The Kier molecular flexibility index (Phi) is 3.97. The van der Waals surface area contributed by atoms with Crippen molar-refractivity contribution >= 4 is 5.97 Å². The van der Waals surface area contributed by atoms with Crippen molar-refractivity contribution in [2.45, 2.75) is 26.9 Å². The van der Waals surface area contributed by atoms with Crippen LogP contribution in [0.1, 0.15) is 20.8 Å². The summed E-state index contributed by atoms with van der Waals surface area (Å²) in [5.74, 6) is -0.429. The highest BCUT2D eigenvalue weighted by Gasteiger charge is 2.06. The Morgan fingerprint density at radius 2 is 2.18 bits per heavy atom. The third-order valence-corrected chi connectivity index (χ3v) is 0.946. The fourth-order valence-corrected chi connectivity index (χ4v) is 0.463. The highest BCUT2D eigenvalue weighted by Crippen LogP contribution is 1.98. The monoisotopic (exact) mass is 153 g/mol. The number of allylic oxidation sites excluding steroid dienone is 1. The number of nitriles is 1. The Balaban J connectivity index is 4.07. The number of ether oxygens (including phenoxy) is 1. The number of hydrogen-bond acceptors (Lipinski definition) is 3. The van der Waals surface area contributed by atoms with Gasteiger partial charge in [-0.05, 0) is 20.8 Å². The first kappa shape index (κ1) is 9.70. The van der Waals surface area contributed by atoms with Crippen molar-refractivity contribution < 1.29 is 9.53 Å². The molecule has 0 fully saturated rings. The molecule has 0 amide bonds. The van der Waals surface area contributed by atoms with Crippen LogP contribution >= 0.6 is 0 Å². The SMILES string of the molecule is C/C(=C\C#N)C(=O)OC(C)C. The van der Waals surface area contributed by atoms with E-state index in [0.29, 0.717) is 5.57 Å². The van der Waals surface area contributed by atoms with E-state index >= 15 is 0 Å². The van der Waals surface area contributed by atoms with E-state index in [-0.39, 0.29) is 6.10 Å². The van der Waals surface area contributed by atoms with Gasteiger partial charge in [0, 0.05) is 11.6 Å². The van der Waals surface area contributed by atoms with Crippen LogP contribution in [-0.2, 0) is 9.53 Å². The number of esters is 1. The topological polar surface area (TPSA) is 50.1 Å². The predicted octanol–water partition coefficient (Wildman–Crippen LogP) is 1.41. The Labute approximate surface area is 66.3 Å². The third kappa shape index (κ3) is 4.15. The molecule has 0 spiro atoms. The zero-order valence-corrected chi connectivity index (χ0v) is 6.92. The van der Waals surface area contributed by atoms with E-state index in [0.717, 1.165) is 0 Å². The van der Waals surface area contributed by atoms with Crippen molar-refractivity contribution in [3.63, 3.8) is 0 Å². The molecular formula is C8H11NO2. The average Bonchev–Trinajstić information content (AvgIpc) is 1.86. The van der Waals surface area contributed by atoms with Crippen LogP contribution in [0.4, 0.5) is 0 Å². The van der Waals surface area contributed by atoms with Gasteiger partial charge in [0.1, 0.15) is 0 Å². The molecule has 0 aromatic heterocycles. The predicted molar refractivity (Wildman–Crippen MR) is 40.6 cm³/mol. The fourth-order valence-electron chi connectivity index (χ4n) is 0.463. The molecule has 0 atom stereocenters. The number of hydrogen-bond donors (Lipinski definition) is 0. The van der Waals surface area contributed by atoms with Crippen LogP contribution in [0.5, 0.6) is 0 Å². The summed E-state index contributed by atoms with van der Waals surface area (Å²) in [6.45, 7) is 5.07. The van der Waals surface area contributed by atoms with E-state index in [1.165, 1.54) is 6.08 Å². The summed E-state index contributed by atoms with van der Waals surface area (Å²) >= 11 is 0. The molecule has 0 aliphatic rings. The van der Waals surface area contributed by atoms with E-state index in [9.17, 15) is 4.79 Å². The van der Waals surface area contributed by atoms with Gasteiger partial charge in [-0.15, -0.1) is 0 Å². The van der Waals surface area contributed by atoms with Crippen molar-refractivity contribution in [3.8, 4) is 6.07 Å². The molecule has 11 heavy (non-hydrogen) atoms. The number of carbonyl (C=O) groups excluding carboxylic acids is 1. The lowest BCUT2D eigenvalue weighted by Gasteiger charge is -2.06. The van der Waals surface area contributed by atoms with Crippen LogP contribution in [0.2, 0.25) is 0 Å². The molecule has 0 unspecified atom stereocenters. The maximum atomic E-state index is 10.9. The summed E-state index contributed by atoms with van der Waals surface area (Å²) in [7, 11) is 0. The molecule has 0 heterocycles. The lowest BCUT2D eigenvalue weighted by atomic mass is 10.3. The molecule has 3 heteroatoms. The first-order valence-electron chi connectivity index (χ1n) is 3.35. The smallest absolute Gasteiger partial charge is 0.334 e. The van der Waals surface area contributed by atoms with Gasteiger partial charge in [-0.3, -0.25) is 0 Å². The minimum Gasteiger partial charge on any atom is -0.460 e. The Morgan fingerprint density at radius 3 is 2.55 bits per heavy atom. The maximum Gasteiger partial charge on any atom is 0.334 e. The highest BCUT2D eigenvalue weighted by atomic mass is 16.5. The first-order chi connectivity index (χ1) is 5.07. The number of nitrogens with zero attached hydrogens (tertiary/aromatic N) is 1. The van der Waals surface area contributed by atoms with Crippen molar-refractivity contribution in [2.24, 2.45) is 0 Å². The maximum absolute atomic E-state index is 10.9. The lowest BCUT2D eigenvalue weighted by Crippen LogP contribution is -2.11. The lowest BCUT2D eigenvalue weighted by molar-refractivity contribution is -0.142. The van der Waals surface area contributed by atoms with E-state index in [1.54, 1.807) is 26.8 Å². The molecule has 0 N–H and O–H groups in total. The van der Waals surface area contributed by atoms with Gasteiger partial charge in [0.2, 0.25) is 0 Å². The van der Waals surface area contributed by atoms with E-state index in [2.05, 4.69) is 0 Å². The van der Waals surface area contributed by atoms with Crippen molar-refractivity contribution in [2.75, 3.05) is 0 Å². The molecule has 0 saturated heterocycles. The van der Waals surface area contributed by atoms with Crippen molar-refractivity contribution in [1.82, 2.24) is 0 Å². The molecule has 0 aliphatic carbocycles. The third-order valence-electron chi connectivity index (χ3n) is 0.946. The van der Waals surface area contributed by atoms with Gasteiger partial charge in [0.05, 0.1) is 12.2 Å². The molecular weight excluding hydrogens is 142 g/mol. The summed E-state index contributed by atoms with van der Waals surface area (Å²) < 4.78 is 4.81. The Hall–Kier alpha value is -1.30. The minimum absolute atomic E-state index is 0.135. The van der Waals surface area contributed by atoms with E-state index in [1.807, 2.05) is 0 Å². The highest BCUT2D eigenvalue weighted by molar-refractivity contribution is 5.88. The van der Waals surface area contributed by atoms with Gasteiger partial charge < -0.3 is 4.74 Å². The second kappa shape index (κ2) is 4.51. The second-order valence-corrected chi connectivity index (χ2v) is 2.41. The zero-order valence-electron chi connectivity index (χ0n) is 6.92. The largest absolute Gasteiger partial charge is 0.460 e. The van der Waals surface area contributed by atoms with Crippen LogP contribution in [-0.4, -0.2) is 12.1 Å². The van der Waals surface area contributed by atoms with E-state index < -0.39 is 5.97 Å². The molecule has 60 valence electrons. The van der Waals surface area contributed by atoms with Gasteiger partial charge in [0.25, 0.3) is 0 Å². The molecule has 0 radical (unpaired) electrons. The molecule has 0 bridgehead atoms. The second-order valence-electron chi connectivity index (χ2n) is 2.41. The quantitative estimate of drug-likeness (QED) is 0.342. The first-order valence-corrected chi connectivity index (χ1v) is 3.35. The van der Waals surface area contributed by atoms with Crippen molar-refractivity contribution in [1.29, 1.82) is 5.26 Å². The molecule has 0 aliphatic heterocycles. The summed E-state index contributed by atoms with van der Waals surface area (Å²) in [4.78, 5) is 10.9. The Morgan fingerprint density at radius 1 is 1.64 bits per heavy atom. The Bertz CT molecular complexity index is 211. The molecule has 0 rings (SSSR count). The molecule has 0 aromatic rings. The van der Waals surface area contributed by atoms with Gasteiger partial charge in [0.15, 0.2) is 0 Å². The summed E-state index contributed by atoms with van der Waals surface area (Å²) in [5.41, 5.74) is 0.334. The van der Waals surface area contributed by atoms with Gasteiger partial charge in [-0.25, -0.2) is 4.79 Å². The van der Waals surface area contributed by atoms with Gasteiger partial charge >= 0.3 is 5.97 Å². The summed E-state index contributed by atoms with van der Waals surface area (Å²) in [6.07, 6.45) is 1.04. The average molecular weight is 153 g/mol. The van der Waals surface area contributed by atoms with Crippen LogP contribution in [0.15, 0.2) is 11.6 Å². The van der Waals surface area contributed by atoms with Gasteiger partial charge in [-0.2, -0.15) is 5.26 Å². The molecule has 0 saturated carbocycles. The van der Waals surface area contributed by atoms with Crippen LogP contribution < -0.4 is 0 Å². The van der Waals surface area contributed by atoms with Crippen LogP contribution in [0, 0.1) is 11.3 Å². The number of rotatable bonds is 2. The van der Waals surface area contributed by atoms with Gasteiger partial charge in [-0.1, -0.05) is 0 Å². The van der Waals surface area contributed by atoms with Crippen LogP contribution in [0.3, 0.4) is 0 Å².